The number of aliphatic hydroxyl groups excluding tert-OH is 6. The van der Waals surface area contributed by atoms with Crippen molar-refractivity contribution in [3.8, 4) is 0 Å². The third-order valence-corrected chi connectivity index (χ3v) is 8.37. The zero-order valence-electron chi connectivity index (χ0n) is 26.8. The molecule has 290 valence electrons. The first-order valence-electron chi connectivity index (χ1n) is 15.0. The molecule has 2 amide bonds. The Kier molecular flexibility index (Phi) is 15.2. The number of nitrogen functional groups attached to an aromatic ring is 1. The molecule has 0 aromatic carbocycles. The average molecular weight is 761 g/mol. The molecule has 2 aliphatic heterocycles. The van der Waals surface area contributed by atoms with E-state index in [9.17, 15) is 64.4 Å². The number of aliphatic hydroxyl groups is 6. The van der Waals surface area contributed by atoms with Crippen LogP contribution < -0.4 is 21.9 Å². The predicted molar refractivity (Wildman–Crippen MR) is 162 cm³/mol. The van der Waals surface area contributed by atoms with Gasteiger partial charge in [0, 0.05) is 31.5 Å². The molecule has 51 heavy (non-hydrogen) atoms. The van der Waals surface area contributed by atoms with Crippen molar-refractivity contribution < 1.29 is 92.3 Å². The molecule has 2 fully saturated rings. The number of amides is 2. The topological polar surface area (TPSA) is 367 Å². The Bertz CT molecular complexity index is 1450. The number of hydrogen-bond acceptors (Lipinski definition) is 19. The van der Waals surface area contributed by atoms with Crippen molar-refractivity contribution in [1.82, 2.24) is 15.2 Å². The molecular formula is C26H41N4O20P. The number of anilines is 1. The summed E-state index contributed by atoms with van der Waals surface area (Å²) < 4.78 is 48.7. The number of ether oxygens (including phenoxy) is 5. The van der Waals surface area contributed by atoms with Gasteiger partial charge in [-0.1, -0.05) is 0 Å². The SMILES string of the molecule is COCCOCCOC(=O)NCC(=O)NC1C(O)CC(OP(=O)(O)OC2OC(n3ccc(N)cc3=O)C(O)C2O)(C(=O)O)OC1[C@H](O)[C@H](O)CO. The van der Waals surface area contributed by atoms with Crippen LogP contribution in [-0.2, 0) is 46.9 Å². The number of carboxylic acids is 1. The molecule has 0 radical (unpaired) electrons. The molecule has 2 saturated heterocycles. The molecule has 1 aromatic rings. The highest BCUT2D eigenvalue weighted by Crippen LogP contribution is 2.53. The van der Waals surface area contributed by atoms with Crippen LogP contribution >= 0.6 is 7.82 Å². The van der Waals surface area contributed by atoms with Crippen LogP contribution in [0.1, 0.15) is 12.6 Å². The zero-order valence-corrected chi connectivity index (χ0v) is 27.7. The summed E-state index contributed by atoms with van der Waals surface area (Å²) in [5, 5.41) is 76.2. The van der Waals surface area contributed by atoms with Crippen LogP contribution in [0.5, 0.6) is 0 Å². The van der Waals surface area contributed by atoms with Gasteiger partial charge < -0.3 is 80.7 Å². The first-order chi connectivity index (χ1) is 23.9. The number of methoxy groups -OCH3 is 1. The van der Waals surface area contributed by atoms with Gasteiger partial charge in [0.15, 0.2) is 12.5 Å². The lowest BCUT2D eigenvalue weighted by Crippen LogP contribution is -2.68. The minimum Gasteiger partial charge on any atom is -0.477 e. The molecule has 2 aliphatic rings. The smallest absolute Gasteiger partial charge is 0.477 e. The van der Waals surface area contributed by atoms with Crippen molar-refractivity contribution >= 4 is 31.5 Å². The van der Waals surface area contributed by atoms with E-state index in [4.69, 9.17) is 38.5 Å². The van der Waals surface area contributed by atoms with Gasteiger partial charge in [-0.05, 0) is 6.07 Å². The van der Waals surface area contributed by atoms with Crippen molar-refractivity contribution in [3.63, 3.8) is 0 Å². The van der Waals surface area contributed by atoms with Gasteiger partial charge in [-0.25, -0.2) is 18.7 Å². The number of alkyl carbamates (subject to hydrolysis) is 1. The third kappa shape index (κ3) is 11.1. The van der Waals surface area contributed by atoms with E-state index in [0.29, 0.717) is 6.61 Å². The molecule has 0 bridgehead atoms. The van der Waals surface area contributed by atoms with E-state index < -0.39 is 112 Å². The van der Waals surface area contributed by atoms with E-state index in [1.807, 2.05) is 0 Å². The monoisotopic (exact) mass is 760 g/mol. The number of carboxylic acid groups (broad SMARTS) is 1. The van der Waals surface area contributed by atoms with Gasteiger partial charge in [0.2, 0.25) is 5.91 Å². The van der Waals surface area contributed by atoms with Crippen molar-refractivity contribution in [2.24, 2.45) is 0 Å². The quantitative estimate of drug-likeness (QED) is 0.0491. The Hall–Kier alpha value is -3.33. The fraction of sp³-hybridized carbons (Fsp3) is 0.692. The number of carbonyl (C=O) groups excluding carboxylic acids is 2. The molecule has 0 saturated carbocycles. The number of phosphoric acid groups is 1. The second kappa shape index (κ2) is 18.4. The van der Waals surface area contributed by atoms with Crippen LogP contribution in [0.3, 0.4) is 0 Å². The average Bonchev–Trinajstić information content (AvgIpc) is 3.33. The van der Waals surface area contributed by atoms with Crippen molar-refractivity contribution in [2.75, 3.05) is 52.4 Å². The Morgan fingerprint density at radius 1 is 1.16 bits per heavy atom. The maximum Gasteiger partial charge on any atom is 0.477 e. The van der Waals surface area contributed by atoms with E-state index >= 15 is 0 Å². The largest absolute Gasteiger partial charge is 0.477 e. The van der Waals surface area contributed by atoms with Crippen LogP contribution in [-0.4, -0.2) is 165 Å². The number of aromatic nitrogens is 1. The first-order valence-corrected chi connectivity index (χ1v) is 16.5. The van der Waals surface area contributed by atoms with Gasteiger partial charge >= 0.3 is 19.9 Å². The van der Waals surface area contributed by atoms with Crippen LogP contribution in [0.4, 0.5) is 10.5 Å². The molecule has 12 N–H and O–H groups in total. The number of aliphatic carboxylic acids is 1. The Labute approximate surface area is 287 Å². The minimum absolute atomic E-state index is 0.0161. The summed E-state index contributed by atoms with van der Waals surface area (Å²) in [5.74, 6) is -6.66. The fourth-order valence-electron chi connectivity index (χ4n) is 4.86. The number of nitrogens with two attached hydrogens (primary N) is 1. The molecule has 0 aliphatic carbocycles. The lowest BCUT2D eigenvalue weighted by atomic mass is 9.88. The highest BCUT2D eigenvalue weighted by atomic mass is 31.2. The molecule has 1 aromatic heterocycles. The third-order valence-electron chi connectivity index (χ3n) is 7.37. The van der Waals surface area contributed by atoms with E-state index in [1.165, 1.54) is 13.2 Å². The molecule has 3 heterocycles. The van der Waals surface area contributed by atoms with Gasteiger partial charge in [0.1, 0.15) is 43.7 Å². The fourth-order valence-corrected chi connectivity index (χ4v) is 5.91. The van der Waals surface area contributed by atoms with Gasteiger partial charge in [0.25, 0.3) is 11.3 Å². The minimum atomic E-state index is -5.81. The standard InChI is InChI=1S/C26H41N4O20P/c1-44-4-5-45-6-7-46-25(41)28-10-15(34)29-17-13(32)9-26(24(39)40,48-21(17)18(36)14(33)11-31)50-51(42,43)49-23-20(38)19(37)22(47-23)30-3-2-12(27)8-16(30)35/h2-3,8,13-14,17-23,31-33,36-38H,4-7,9-11,27H2,1H3,(H,28,41)(H,29,34)(H,39,40)(H,42,43)/t13?,14-,17?,18-,19?,20?,21?,22?,23?,26?/m1/s1. The molecule has 3 rings (SSSR count). The lowest BCUT2D eigenvalue weighted by Gasteiger charge is -2.46. The van der Waals surface area contributed by atoms with Crippen LogP contribution in [0.25, 0.3) is 0 Å². The van der Waals surface area contributed by atoms with Crippen molar-refractivity contribution in [1.29, 1.82) is 0 Å². The summed E-state index contributed by atoms with van der Waals surface area (Å²) in [6, 6.07) is 0.370. The molecule has 25 heteroatoms. The highest BCUT2D eigenvalue weighted by molar-refractivity contribution is 7.47. The maximum atomic E-state index is 13.1. The van der Waals surface area contributed by atoms with E-state index in [0.717, 1.165) is 16.8 Å². The number of carbonyl (C=O) groups is 3. The van der Waals surface area contributed by atoms with E-state index in [1.54, 1.807) is 0 Å². The number of nitrogens with one attached hydrogen (secondary N) is 2. The molecule has 0 spiro atoms. The number of rotatable bonds is 18. The number of pyridine rings is 1. The van der Waals surface area contributed by atoms with Crippen LogP contribution in [0.15, 0.2) is 23.1 Å². The second-order valence-electron chi connectivity index (χ2n) is 11.1. The zero-order chi connectivity index (χ0) is 38.1. The van der Waals surface area contributed by atoms with Crippen LogP contribution in [0.2, 0.25) is 0 Å². The van der Waals surface area contributed by atoms with Gasteiger partial charge in [-0.2, -0.15) is 0 Å². The molecule has 9 unspecified atom stereocenters. The molecular weight excluding hydrogens is 719 g/mol. The number of phosphoric ester groups is 1. The normalized spacial score (nSPS) is 30.2. The Morgan fingerprint density at radius 2 is 1.84 bits per heavy atom. The summed E-state index contributed by atoms with van der Waals surface area (Å²) in [7, 11) is -4.35. The Morgan fingerprint density at radius 3 is 2.47 bits per heavy atom. The number of hydrogen-bond donors (Lipinski definition) is 11. The number of nitrogens with zero attached hydrogens (tertiary/aromatic N) is 1. The first kappa shape index (κ1) is 42.1. The van der Waals surface area contributed by atoms with Gasteiger partial charge in [-0.3, -0.25) is 18.7 Å². The summed E-state index contributed by atoms with van der Waals surface area (Å²) >= 11 is 0. The summed E-state index contributed by atoms with van der Waals surface area (Å²) in [6.45, 7) is -1.57. The predicted octanol–water partition coefficient (Wildman–Crippen LogP) is -5.34. The van der Waals surface area contributed by atoms with E-state index in [-0.39, 0.29) is 25.5 Å². The van der Waals surface area contributed by atoms with Crippen LogP contribution in [0, 0.1) is 0 Å². The Balaban J connectivity index is 1.73. The molecule has 24 nitrogen and oxygen atoms in total. The van der Waals surface area contributed by atoms with Crippen molar-refractivity contribution in [2.45, 2.75) is 67.4 Å². The van der Waals surface area contributed by atoms with Gasteiger partial charge in [0.05, 0.1) is 38.6 Å². The maximum absolute atomic E-state index is 13.1. The van der Waals surface area contributed by atoms with Gasteiger partial charge in [-0.15, -0.1) is 0 Å². The molecule has 11 atom stereocenters. The highest BCUT2D eigenvalue weighted by Gasteiger charge is 2.59. The summed E-state index contributed by atoms with van der Waals surface area (Å²) in [5.41, 5.74) is 4.77. The van der Waals surface area contributed by atoms with E-state index in [2.05, 4.69) is 10.6 Å². The van der Waals surface area contributed by atoms with Crippen molar-refractivity contribution in [3.05, 3.63) is 28.7 Å². The lowest BCUT2D eigenvalue weighted by molar-refractivity contribution is -0.290. The second-order valence-corrected chi connectivity index (χ2v) is 12.4. The summed E-state index contributed by atoms with van der Waals surface area (Å²) in [6.07, 6.45) is -18.0. The summed E-state index contributed by atoms with van der Waals surface area (Å²) in [4.78, 5) is 59.8.